The Balaban J connectivity index is 3.40. The first-order valence-electron chi connectivity index (χ1n) is 4.81. The average molecular weight is 247 g/mol. The molecule has 5 heteroatoms. The normalized spacial score (nSPS) is 12.3. The maximum absolute atomic E-state index is 9.98. The van der Waals surface area contributed by atoms with Crippen LogP contribution in [0.15, 0.2) is 6.07 Å². The van der Waals surface area contributed by atoms with E-state index in [0.29, 0.717) is 16.3 Å². The predicted molar refractivity (Wildman–Crippen MR) is 61.7 cm³/mol. The van der Waals surface area contributed by atoms with Crippen molar-refractivity contribution in [1.82, 2.24) is 0 Å². The predicted octanol–water partition coefficient (Wildman–Crippen LogP) is 2.16. The molecule has 0 aromatic heterocycles. The van der Waals surface area contributed by atoms with Crippen molar-refractivity contribution in [3.05, 3.63) is 16.7 Å². The van der Waals surface area contributed by atoms with Crippen LogP contribution in [-0.2, 0) is 0 Å². The van der Waals surface area contributed by atoms with Crippen LogP contribution in [-0.4, -0.2) is 31.0 Å². The van der Waals surface area contributed by atoms with Gasteiger partial charge in [-0.15, -0.1) is 0 Å². The van der Waals surface area contributed by atoms with Crippen molar-refractivity contribution in [3.8, 4) is 17.2 Å². The molecule has 0 saturated carbocycles. The Kier molecular flexibility index (Phi) is 4.26. The minimum atomic E-state index is -0.271. The molecule has 1 rings (SSSR count). The first-order chi connectivity index (χ1) is 7.56. The number of aliphatic hydroxyl groups is 1. The first-order valence-corrected chi connectivity index (χ1v) is 5.18. The summed E-state index contributed by atoms with van der Waals surface area (Å²) < 4.78 is 10.1. The van der Waals surface area contributed by atoms with Gasteiger partial charge in [-0.25, -0.2) is 0 Å². The van der Waals surface area contributed by atoms with Gasteiger partial charge >= 0.3 is 0 Å². The van der Waals surface area contributed by atoms with Gasteiger partial charge in [-0.3, -0.25) is 0 Å². The van der Waals surface area contributed by atoms with Crippen LogP contribution in [0.4, 0.5) is 0 Å². The van der Waals surface area contributed by atoms with Gasteiger partial charge in [0.25, 0.3) is 0 Å². The van der Waals surface area contributed by atoms with Crippen molar-refractivity contribution in [3.63, 3.8) is 0 Å². The van der Waals surface area contributed by atoms with Crippen LogP contribution in [0.1, 0.15) is 18.4 Å². The molecule has 4 nitrogen and oxygen atoms in total. The van der Waals surface area contributed by atoms with E-state index in [1.165, 1.54) is 14.2 Å². The fraction of sp³-hybridized carbons (Fsp3) is 0.455. The molecule has 0 spiro atoms. The van der Waals surface area contributed by atoms with Gasteiger partial charge in [0, 0.05) is 24.2 Å². The number of benzene rings is 1. The van der Waals surface area contributed by atoms with Crippen LogP contribution in [0.5, 0.6) is 17.2 Å². The van der Waals surface area contributed by atoms with Gasteiger partial charge in [0.1, 0.15) is 0 Å². The third-order valence-corrected chi connectivity index (χ3v) is 2.71. The summed E-state index contributed by atoms with van der Waals surface area (Å²) in [4.78, 5) is 0. The zero-order chi connectivity index (χ0) is 12.3. The largest absolute Gasteiger partial charge is 0.504 e. The number of phenols is 1. The summed E-state index contributed by atoms with van der Waals surface area (Å²) in [6.45, 7) is 1.65. The number of phenolic OH excluding ortho intramolecular Hbond substituents is 1. The van der Waals surface area contributed by atoms with E-state index >= 15 is 0 Å². The lowest BCUT2D eigenvalue weighted by molar-refractivity contribution is 0.268. The van der Waals surface area contributed by atoms with E-state index in [1.807, 2.05) is 0 Å². The first kappa shape index (κ1) is 12.9. The molecule has 0 aliphatic rings. The molecule has 0 bridgehead atoms. The lowest BCUT2D eigenvalue weighted by Gasteiger charge is -2.17. The molecule has 0 fully saturated rings. The van der Waals surface area contributed by atoms with Gasteiger partial charge in [0.05, 0.1) is 19.2 Å². The van der Waals surface area contributed by atoms with Gasteiger partial charge in [-0.1, -0.05) is 18.5 Å². The summed E-state index contributed by atoms with van der Waals surface area (Å²) in [7, 11) is 2.89. The minimum absolute atomic E-state index is 0.0894. The summed E-state index contributed by atoms with van der Waals surface area (Å²) in [6.07, 6.45) is 0. The third-order valence-electron chi connectivity index (χ3n) is 2.40. The Morgan fingerprint density at radius 2 is 2.00 bits per heavy atom. The average Bonchev–Trinajstić information content (AvgIpc) is 2.27. The highest BCUT2D eigenvalue weighted by atomic mass is 35.5. The van der Waals surface area contributed by atoms with Crippen molar-refractivity contribution in [2.45, 2.75) is 12.8 Å². The molecule has 0 saturated heterocycles. The Labute approximate surface area is 99.4 Å². The van der Waals surface area contributed by atoms with Crippen molar-refractivity contribution in [2.75, 3.05) is 20.8 Å². The smallest absolute Gasteiger partial charge is 0.203 e. The van der Waals surface area contributed by atoms with Crippen LogP contribution in [0.3, 0.4) is 0 Å². The molecule has 2 N–H and O–H groups in total. The standard InChI is InChI=1S/C11H15ClO4/c1-6(5-13)9-7(12)4-8(15-2)11(16-3)10(9)14/h4,6,13-14H,5H2,1-3H3. The number of hydrogen-bond acceptors (Lipinski definition) is 4. The fourth-order valence-electron chi connectivity index (χ4n) is 1.52. The van der Waals surface area contributed by atoms with Gasteiger partial charge < -0.3 is 19.7 Å². The molecule has 0 heterocycles. The second-order valence-corrected chi connectivity index (χ2v) is 3.85. The summed E-state index contributed by atoms with van der Waals surface area (Å²) in [5.74, 6) is 0.224. The lowest BCUT2D eigenvalue weighted by atomic mass is 10.00. The van der Waals surface area contributed by atoms with Crippen molar-refractivity contribution < 1.29 is 19.7 Å². The van der Waals surface area contributed by atoms with Crippen LogP contribution < -0.4 is 9.47 Å². The van der Waals surface area contributed by atoms with E-state index in [0.717, 1.165) is 0 Å². The van der Waals surface area contributed by atoms with Gasteiger partial charge in [0.15, 0.2) is 11.5 Å². The Bertz CT molecular complexity index is 379. The lowest BCUT2D eigenvalue weighted by Crippen LogP contribution is -2.02. The number of rotatable bonds is 4. The molecule has 90 valence electrons. The van der Waals surface area contributed by atoms with Crippen molar-refractivity contribution >= 4 is 11.6 Å². The summed E-state index contributed by atoms with van der Waals surface area (Å²) in [5, 5.41) is 19.4. The van der Waals surface area contributed by atoms with Crippen LogP contribution >= 0.6 is 11.6 Å². The number of methoxy groups -OCH3 is 2. The van der Waals surface area contributed by atoms with Crippen LogP contribution in [0.25, 0.3) is 0 Å². The highest BCUT2D eigenvalue weighted by molar-refractivity contribution is 6.32. The van der Waals surface area contributed by atoms with Gasteiger partial charge in [0.2, 0.25) is 5.75 Å². The van der Waals surface area contributed by atoms with E-state index < -0.39 is 0 Å². The molecule has 1 aromatic rings. The van der Waals surface area contributed by atoms with Crippen molar-refractivity contribution in [2.24, 2.45) is 0 Å². The van der Waals surface area contributed by atoms with E-state index in [4.69, 9.17) is 26.2 Å². The molecule has 0 radical (unpaired) electrons. The van der Waals surface area contributed by atoms with E-state index in [2.05, 4.69) is 0 Å². The fourth-order valence-corrected chi connectivity index (χ4v) is 1.89. The van der Waals surface area contributed by atoms with Crippen LogP contribution in [0, 0.1) is 0 Å². The van der Waals surface area contributed by atoms with Crippen LogP contribution in [0.2, 0.25) is 5.02 Å². The minimum Gasteiger partial charge on any atom is -0.504 e. The molecule has 0 aliphatic heterocycles. The van der Waals surface area contributed by atoms with E-state index in [-0.39, 0.29) is 24.0 Å². The molecular weight excluding hydrogens is 232 g/mol. The quantitative estimate of drug-likeness (QED) is 0.855. The Morgan fingerprint density at radius 3 is 2.44 bits per heavy atom. The number of halogens is 1. The number of hydrogen-bond donors (Lipinski definition) is 2. The summed E-state index contributed by atoms with van der Waals surface area (Å²) in [6, 6.07) is 1.56. The molecule has 16 heavy (non-hydrogen) atoms. The summed E-state index contributed by atoms with van der Waals surface area (Å²) >= 11 is 6.01. The second-order valence-electron chi connectivity index (χ2n) is 3.44. The molecule has 1 unspecified atom stereocenters. The van der Waals surface area contributed by atoms with E-state index in [1.54, 1.807) is 13.0 Å². The maximum atomic E-state index is 9.98. The third kappa shape index (κ3) is 2.18. The van der Waals surface area contributed by atoms with Crippen molar-refractivity contribution in [1.29, 1.82) is 0 Å². The molecule has 1 atom stereocenters. The monoisotopic (exact) mass is 246 g/mol. The molecule has 1 aromatic carbocycles. The zero-order valence-corrected chi connectivity index (χ0v) is 10.2. The Morgan fingerprint density at radius 1 is 1.38 bits per heavy atom. The van der Waals surface area contributed by atoms with Gasteiger partial charge in [-0.2, -0.15) is 0 Å². The Hall–Kier alpha value is -1.13. The topological polar surface area (TPSA) is 58.9 Å². The molecular formula is C11H15ClO4. The highest BCUT2D eigenvalue weighted by Gasteiger charge is 2.21. The van der Waals surface area contributed by atoms with E-state index in [9.17, 15) is 5.11 Å². The number of aromatic hydroxyl groups is 1. The maximum Gasteiger partial charge on any atom is 0.203 e. The zero-order valence-electron chi connectivity index (χ0n) is 9.45. The molecule has 0 amide bonds. The summed E-state index contributed by atoms with van der Waals surface area (Å²) in [5.41, 5.74) is 0.460. The highest BCUT2D eigenvalue weighted by Crippen LogP contribution is 2.45. The number of aliphatic hydroxyl groups excluding tert-OH is 1. The number of ether oxygens (including phenoxy) is 2. The molecule has 0 aliphatic carbocycles. The SMILES string of the molecule is COc1cc(Cl)c(C(C)CO)c(O)c1OC. The van der Waals surface area contributed by atoms with Gasteiger partial charge in [-0.05, 0) is 0 Å². The second kappa shape index (κ2) is 5.27.